The van der Waals surface area contributed by atoms with E-state index in [0.717, 1.165) is 0 Å². The molecule has 0 amide bonds. The summed E-state index contributed by atoms with van der Waals surface area (Å²) in [4.78, 5) is 51.1. The molecule has 232 valence electrons. The van der Waals surface area contributed by atoms with Gasteiger partial charge in [0.25, 0.3) is 0 Å². The Kier molecular flexibility index (Phi) is 9.00. The van der Waals surface area contributed by atoms with Crippen LogP contribution in [-0.4, -0.2) is 99.9 Å². The van der Waals surface area contributed by atoms with Gasteiger partial charge in [-0.25, -0.2) is 9.59 Å². The third-order valence-electron chi connectivity index (χ3n) is 9.03. The number of esters is 4. The summed E-state index contributed by atoms with van der Waals surface area (Å²) < 4.78 is 27.3. The van der Waals surface area contributed by atoms with Gasteiger partial charge in [-0.15, -0.1) is 0 Å². The van der Waals surface area contributed by atoms with Gasteiger partial charge in [-0.05, 0) is 52.0 Å². The molecule has 2 aliphatic carbocycles. The summed E-state index contributed by atoms with van der Waals surface area (Å²) in [6.07, 6.45) is -0.247. The Labute approximate surface area is 242 Å². The van der Waals surface area contributed by atoms with Gasteiger partial charge in [0, 0.05) is 24.0 Å². The summed E-state index contributed by atoms with van der Waals surface area (Å²) in [5.41, 5.74) is -3.17. The van der Waals surface area contributed by atoms with Crippen LogP contribution < -0.4 is 0 Å². The number of aliphatic hydroxyl groups excluding tert-OH is 4. The summed E-state index contributed by atoms with van der Waals surface area (Å²) >= 11 is 0. The van der Waals surface area contributed by atoms with Gasteiger partial charge in [-0.1, -0.05) is 18.2 Å². The van der Waals surface area contributed by atoms with E-state index in [2.05, 4.69) is 0 Å². The molecule has 13 heteroatoms. The zero-order chi connectivity index (χ0) is 31.0. The molecule has 0 aromatic rings. The van der Waals surface area contributed by atoms with Crippen LogP contribution in [0.25, 0.3) is 0 Å². The average molecular weight is 595 g/mol. The Morgan fingerprint density at radius 2 is 1.83 bits per heavy atom. The molecule has 0 aromatic heterocycles. The highest BCUT2D eigenvalue weighted by Crippen LogP contribution is 2.65. The van der Waals surface area contributed by atoms with Crippen molar-refractivity contribution in [2.75, 3.05) is 13.7 Å². The van der Waals surface area contributed by atoms with Gasteiger partial charge in [0.15, 0.2) is 0 Å². The van der Waals surface area contributed by atoms with E-state index in [1.165, 1.54) is 33.1 Å². The van der Waals surface area contributed by atoms with E-state index >= 15 is 0 Å². The van der Waals surface area contributed by atoms with Gasteiger partial charge in [-0.3, -0.25) is 9.59 Å². The number of hydrogen-bond acceptors (Lipinski definition) is 13. The van der Waals surface area contributed by atoms with Crippen LogP contribution in [0.5, 0.6) is 0 Å². The van der Waals surface area contributed by atoms with Crippen molar-refractivity contribution in [3.8, 4) is 0 Å². The second kappa shape index (κ2) is 11.9. The van der Waals surface area contributed by atoms with Gasteiger partial charge in [0.2, 0.25) is 6.29 Å². The summed E-state index contributed by atoms with van der Waals surface area (Å²) in [6, 6.07) is 0. The zero-order valence-electron chi connectivity index (χ0n) is 24.0. The maximum atomic E-state index is 13.7. The Hall–Kier alpha value is -3.10. The van der Waals surface area contributed by atoms with Crippen molar-refractivity contribution >= 4 is 23.9 Å². The molecule has 13 nitrogen and oxygen atoms in total. The minimum Gasteiger partial charge on any atom is -0.466 e. The summed E-state index contributed by atoms with van der Waals surface area (Å²) in [5.74, 6) is -2.97. The molecular weight excluding hydrogens is 556 g/mol. The fourth-order valence-electron chi connectivity index (χ4n) is 6.81. The minimum atomic E-state index is -1.75. The highest BCUT2D eigenvalue weighted by molar-refractivity contribution is 5.90. The molecule has 3 fully saturated rings. The molecule has 4 rings (SSSR count). The largest absolute Gasteiger partial charge is 0.466 e. The molecule has 0 aromatic carbocycles. The molecule has 0 spiro atoms. The van der Waals surface area contributed by atoms with E-state index in [-0.39, 0.29) is 24.8 Å². The first-order valence-corrected chi connectivity index (χ1v) is 13.8. The van der Waals surface area contributed by atoms with E-state index < -0.39 is 83.7 Å². The van der Waals surface area contributed by atoms with Crippen LogP contribution in [0.1, 0.15) is 52.9 Å². The van der Waals surface area contributed by atoms with Crippen molar-refractivity contribution in [3.05, 3.63) is 35.5 Å². The van der Waals surface area contributed by atoms with E-state index in [0.29, 0.717) is 18.4 Å². The fraction of sp³-hybridized carbons (Fsp3) is 0.655. The lowest BCUT2D eigenvalue weighted by atomic mass is 9.62. The molecule has 2 saturated heterocycles. The Balaban J connectivity index is 1.56. The number of methoxy groups -OCH3 is 1. The summed E-state index contributed by atoms with van der Waals surface area (Å²) in [7, 11) is 1.28. The number of hydrogen-bond donors (Lipinski definition) is 4. The van der Waals surface area contributed by atoms with Gasteiger partial charge in [0.05, 0.1) is 13.7 Å². The van der Waals surface area contributed by atoms with Gasteiger partial charge < -0.3 is 44.1 Å². The molecular formula is C29H38O13. The number of rotatable bonds is 7. The van der Waals surface area contributed by atoms with Crippen LogP contribution in [0.4, 0.5) is 0 Å². The Morgan fingerprint density at radius 1 is 1.12 bits per heavy atom. The van der Waals surface area contributed by atoms with Crippen LogP contribution >= 0.6 is 0 Å². The molecule has 42 heavy (non-hydrogen) atoms. The molecule has 1 saturated carbocycles. The maximum absolute atomic E-state index is 13.7. The van der Waals surface area contributed by atoms with Crippen molar-refractivity contribution < 1.29 is 63.3 Å². The molecule has 2 bridgehead atoms. The third-order valence-corrected chi connectivity index (χ3v) is 9.03. The van der Waals surface area contributed by atoms with Crippen molar-refractivity contribution in [2.45, 2.75) is 94.8 Å². The van der Waals surface area contributed by atoms with Gasteiger partial charge in [-0.2, -0.15) is 0 Å². The molecule has 2 aliphatic heterocycles. The van der Waals surface area contributed by atoms with Crippen molar-refractivity contribution in [1.29, 1.82) is 0 Å². The Bertz CT molecular complexity index is 1200. The maximum Gasteiger partial charge on any atom is 0.336 e. The lowest BCUT2D eigenvalue weighted by Crippen LogP contribution is -2.65. The predicted molar refractivity (Wildman–Crippen MR) is 141 cm³/mol. The first-order valence-electron chi connectivity index (χ1n) is 13.8. The number of carbonyl (C=O) groups is 4. The summed E-state index contributed by atoms with van der Waals surface area (Å²) in [6.45, 7) is 3.73. The normalized spacial score (nSPS) is 40.0. The number of aliphatic hydroxyl groups is 4. The molecule has 4 N–H and O–H groups in total. The molecule has 9 unspecified atom stereocenters. The second-order valence-corrected chi connectivity index (χ2v) is 11.5. The molecule has 2 heterocycles. The standard InChI is InChI=1S/C29H38O13/c1-15(23(35)40-25-22(34)21(33)20(32)18(14-30)39-25)6-5-10-27(3)19-9-12-28(26(37)42-27)11-7-17(24(36)38-4)8-13-29(19,28)41-16(2)31/h5-7,10,18-22,25,30,32-34H,8-9,11-14H2,1-4H3/b10-5+,15-6+. The van der Waals surface area contributed by atoms with Crippen molar-refractivity contribution in [2.24, 2.45) is 11.3 Å². The van der Waals surface area contributed by atoms with Crippen LogP contribution in [0.3, 0.4) is 0 Å². The number of cyclic esters (lactones) is 1. The average Bonchev–Trinajstić information content (AvgIpc) is 3.09. The monoisotopic (exact) mass is 594 g/mol. The van der Waals surface area contributed by atoms with Crippen molar-refractivity contribution in [3.63, 3.8) is 0 Å². The minimum absolute atomic E-state index is 0.0609. The van der Waals surface area contributed by atoms with Gasteiger partial charge in [0.1, 0.15) is 41.0 Å². The van der Waals surface area contributed by atoms with E-state index in [9.17, 15) is 39.6 Å². The number of ether oxygens (including phenoxy) is 5. The first-order chi connectivity index (χ1) is 19.7. The number of allylic oxidation sites excluding steroid dienone is 3. The van der Waals surface area contributed by atoms with E-state index in [1.807, 2.05) is 0 Å². The quantitative estimate of drug-likeness (QED) is 0.135. The third kappa shape index (κ3) is 5.28. The zero-order valence-corrected chi connectivity index (χ0v) is 24.0. The van der Waals surface area contributed by atoms with E-state index in [1.54, 1.807) is 19.1 Å². The van der Waals surface area contributed by atoms with Crippen LogP contribution in [0, 0.1) is 11.3 Å². The number of carbonyl (C=O) groups excluding carboxylic acids is 4. The van der Waals surface area contributed by atoms with Crippen LogP contribution in [0.2, 0.25) is 0 Å². The summed E-state index contributed by atoms with van der Waals surface area (Å²) in [5, 5.41) is 39.3. The topological polar surface area (TPSA) is 195 Å². The molecule has 0 radical (unpaired) electrons. The highest BCUT2D eigenvalue weighted by Gasteiger charge is 2.74. The fourth-order valence-corrected chi connectivity index (χ4v) is 6.81. The van der Waals surface area contributed by atoms with Crippen LogP contribution in [-0.2, 0) is 42.9 Å². The van der Waals surface area contributed by atoms with Gasteiger partial charge >= 0.3 is 23.9 Å². The Morgan fingerprint density at radius 3 is 2.48 bits per heavy atom. The lowest BCUT2D eigenvalue weighted by molar-refractivity contribution is -0.291. The SMILES string of the molecule is COC(=O)C1=CCC23CCC(C(C)(/C=C/C=C(\C)C(=O)OC4OC(CO)C(O)C(O)C4O)OC2=O)C3(OC(C)=O)CC1. The second-order valence-electron chi connectivity index (χ2n) is 11.5. The highest BCUT2D eigenvalue weighted by atomic mass is 16.7. The first kappa shape index (κ1) is 31.8. The molecule has 4 aliphatic rings. The van der Waals surface area contributed by atoms with Crippen LogP contribution in [0.15, 0.2) is 35.5 Å². The smallest absolute Gasteiger partial charge is 0.336 e. The molecule has 9 atom stereocenters. The predicted octanol–water partition coefficient (Wildman–Crippen LogP) is 0.129. The lowest BCUT2D eigenvalue weighted by Gasteiger charge is -2.54. The van der Waals surface area contributed by atoms with Crippen molar-refractivity contribution in [1.82, 2.24) is 0 Å². The van der Waals surface area contributed by atoms with E-state index in [4.69, 9.17) is 23.7 Å².